The zero-order valence-electron chi connectivity index (χ0n) is 16.4. The molecule has 1 aromatic carbocycles. The number of fused-ring (bicyclic) bond motifs is 1. The van der Waals surface area contributed by atoms with E-state index in [1.165, 1.54) is 18.6 Å². The monoisotopic (exact) mass is 407 g/mol. The Kier molecular flexibility index (Phi) is 4.74. The van der Waals surface area contributed by atoms with Crippen LogP contribution >= 0.6 is 0 Å². The number of benzene rings is 1. The molecule has 0 saturated heterocycles. The van der Waals surface area contributed by atoms with Gasteiger partial charge in [0.25, 0.3) is 0 Å². The molecule has 0 fully saturated rings. The summed E-state index contributed by atoms with van der Waals surface area (Å²) in [6.07, 6.45) is 2.92. The van der Waals surface area contributed by atoms with Crippen LogP contribution in [-0.2, 0) is 0 Å². The van der Waals surface area contributed by atoms with Gasteiger partial charge in [-0.25, -0.2) is 9.78 Å². The van der Waals surface area contributed by atoms with Gasteiger partial charge in [-0.2, -0.15) is 9.55 Å². The van der Waals surface area contributed by atoms with Gasteiger partial charge < -0.3 is 14.4 Å². The number of aromatic nitrogens is 5. The minimum Gasteiger partial charge on any atom is -0.465 e. The lowest BCUT2D eigenvalue weighted by molar-refractivity contribution is 0.103. The molecule has 3 heterocycles. The molecule has 152 valence electrons. The lowest BCUT2D eigenvalue weighted by Crippen LogP contribution is -2.11. The highest BCUT2D eigenvalue weighted by molar-refractivity contribution is 6.16. The Morgan fingerprint density at radius 3 is 2.63 bits per heavy atom. The molecule has 0 unspecified atom stereocenters. The maximum atomic E-state index is 13.2. The van der Waals surface area contributed by atoms with E-state index in [2.05, 4.69) is 20.1 Å². The van der Waals surface area contributed by atoms with Crippen molar-refractivity contribution in [3.63, 3.8) is 0 Å². The molecule has 1 N–H and O–H groups in total. The minimum absolute atomic E-state index is 0.109. The van der Waals surface area contributed by atoms with E-state index in [1.807, 2.05) is 0 Å². The van der Waals surface area contributed by atoms with E-state index in [1.54, 1.807) is 32.9 Å². The van der Waals surface area contributed by atoms with Crippen LogP contribution < -0.4 is 4.74 Å². The molecular weight excluding hydrogens is 390 g/mol. The molecule has 0 amide bonds. The third kappa shape index (κ3) is 3.08. The Bertz CT molecular complexity index is 1260. The summed E-state index contributed by atoms with van der Waals surface area (Å²) >= 11 is 0. The van der Waals surface area contributed by atoms with E-state index in [0.717, 1.165) is 4.57 Å². The standard InChI is InChI=1S/C20H17N5O5/c1-4-29-19-23-17-13(18(26)14-9-21-5-6-22-14)7-12(8-15(17)25(19)20(27)28)16-10(2)24-30-11(16)3/h5-9H,4H2,1-3H3,(H,27,28). The quantitative estimate of drug-likeness (QED) is 0.495. The Morgan fingerprint density at radius 2 is 2.03 bits per heavy atom. The van der Waals surface area contributed by atoms with Gasteiger partial charge in [-0.3, -0.25) is 9.78 Å². The number of hydrogen-bond donors (Lipinski definition) is 1. The van der Waals surface area contributed by atoms with Crippen LogP contribution in [0, 0.1) is 13.8 Å². The van der Waals surface area contributed by atoms with Gasteiger partial charge in [0.1, 0.15) is 17.0 Å². The summed E-state index contributed by atoms with van der Waals surface area (Å²) in [5.41, 5.74) is 2.51. The van der Waals surface area contributed by atoms with Crippen molar-refractivity contribution in [3.05, 3.63) is 53.4 Å². The first kappa shape index (κ1) is 19.2. The second kappa shape index (κ2) is 7.39. The van der Waals surface area contributed by atoms with Gasteiger partial charge in [-0.05, 0) is 38.5 Å². The second-order valence-electron chi connectivity index (χ2n) is 6.46. The average Bonchev–Trinajstić information content (AvgIpc) is 3.26. The summed E-state index contributed by atoms with van der Waals surface area (Å²) in [5.74, 6) is 0.0935. The number of carboxylic acid groups (broad SMARTS) is 1. The predicted molar refractivity (Wildman–Crippen MR) is 105 cm³/mol. The summed E-state index contributed by atoms with van der Waals surface area (Å²) in [5, 5.41) is 13.7. The topological polar surface area (TPSA) is 133 Å². The molecule has 0 saturated carbocycles. The summed E-state index contributed by atoms with van der Waals surface area (Å²) < 4.78 is 11.6. The SMILES string of the molecule is CCOc1nc2c(C(=O)c3cnccn3)cc(-c3c(C)noc3C)cc2n1C(=O)O. The van der Waals surface area contributed by atoms with Crippen LogP contribution in [0.5, 0.6) is 6.01 Å². The fourth-order valence-electron chi connectivity index (χ4n) is 3.33. The second-order valence-corrected chi connectivity index (χ2v) is 6.46. The first-order valence-corrected chi connectivity index (χ1v) is 9.09. The fourth-order valence-corrected chi connectivity index (χ4v) is 3.33. The van der Waals surface area contributed by atoms with Crippen LogP contribution in [0.4, 0.5) is 4.79 Å². The molecule has 30 heavy (non-hydrogen) atoms. The van der Waals surface area contributed by atoms with Crippen molar-refractivity contribution in [1.82, 2.24) is 24.7 Å². The number of nitrogens with zero attached hydrogens (tertiary/aromatic N) is 5. The number of carbonyl (C=O) groups excluding carboxylic acids is 1. The maximum absolute atomic E-state index is 13.2. The molecule has 0 aliphatic carbocycles. The van der Waals surface area contributed by atoms with Gasteiger partial charge in [0.2, 0.25) is 5.78 Å². The van der Waals surface area contributed by atoms with Crippen molar-refractivity contribution in [2.45, 2.75) is 20.8 Å². The highest BCUT2D eigenvalue weighted by atomic mass is 16.5. The smallest absolute Gasteiger partial charge is 0.420 e. The number of hydrogen-bond acceptors (Lipinski definition) is 8. The lowest BCUT2D eigenvalue weighted by Gasteiger charge is -2.07. The first-order chi connectivity index (χ1) is 14.4. The zero-order valence-corrected chi connectivity index (χ0v) is 16.4. The predicted octanol–water partition coefficient (Wildman–Crippen LogP) is 3.25. The van der Waals surface area contributed by atoms with Crippen LogP contribution in [0.2, 0.25) is 0 Å². The van der Waals surface area contributed by atoms with Gasteiger partial charge in [0.15, 0.2) is 0 Å². The van der Waals surface area contributed by atoms with E-state index < -0.39 is 11.9 Å². The van der Waals surface area contributed by atoms with Gasteiger partial charge >= 0.3 is 12.1 Å². The number of ketones is 1. The number of aryl methyl sites for hydroxylation is 2. The number of carbonyl (C=O) groups is 2. The van der Waals surface area contributed by atoms with Crippen molar-refractivity contribution < 1.29 is 24.0 Å². The van der Waals surface area contributed by atoms with Gasteiger partial charge in [-0.1, -0.05) is 5.16 Å². The van der Waals surface area contributed by atoms with Crippen LogP contribution in [-0.4, -0.2) is 48.3 Å². The minimum atomic E-state index is -1.28. The Hall–Kier alpha value is -4.08. The van der Waals surface area contributed by atoms with Crippen LogP contribution in [0.1, 0.15) is 34.4 Å². The van der Waals surface area contributed by atoms with Crippen LogP contribution in [0.25, 0.3) is 22.2 Å². The molecule has 0 spiro atoms. The number of rotatable bonds is 5. The Morgan fingerprint density at radius 1 is 1.23 bits per heavy atom. The lowest BCUT2D eigenvalue weighted by atomic mass is 9.97. The molecule has 4 aromatic rings. The van der Waals surface area contributed by atoms with E-state index in [9.17, 15) is 14.7 Å². The molecule has 0 radical (unpaired) electrons. The largest absolute Gasteiger partial charge is 0.465 e. The van der Waals surface area contributed by atoms with Crippen molar-refractivity contribution in [3.8, 4) is 17.1 Å². The highest BCUT2D eigenvalue weighted by Gasteiger charge is 2.26. The third-order valence-corrected chi connectivity index (χ3v) is 4.56. The van der Waals surface area contributed by atoms with Crippen molar-refractivity contribution in [2.75, 3.05) is 6.61 Å². The molecule has 10 heteroatoms. The van der Waals surface area contributed by atoms with Gasteiger partial charge in [0, 0.05) is 18.0 Å². The Labute approximate surface area is 170 Å². The van der Waals surface area contributed by atoms with E-state index in [4.69, 9.17) is 9.26 Å². The van der Waals surface area contributed by atoms with Crippen molar-refractivity contribution in [1.29, 1.82) is 0 Å². The first-order valence-electron chi connectivity index (χ1n) is 9.09. The number of ether oxygens (including phenoxy) is 1. The molecule has 0 bridgehead atoms. The highest BCUT2D eigenvalue weighted by Crippen LogP contribution is 2.34. The summed E-state index contributed by atoms with van der Waals surface area (Å²) in [7, 11) is 0. The summed E-state index contributed by atoms with van der Waals surface area (Å²) in [4.78, 5) is 37.5. The molecule has 10 nitrogen and oxygen atoms in total. The van der Waals surface area contributed by atoms with Crippen LogP contribution in [0.15, 0.2) is 35.2 Å². The zero-order chi connectivity index (χ0) is 21.4. The Balaban J connectivity index is 2.07. The van der Waals surface area contributed by atoms with Gasteiger partial charge in [0.05, 0.1) is 29.6 Å². The van der Waals surface area contributed by atoms with Crippen LogP contribution in [0.3, 0.4) is 0 Å². The molecule has 0 aliphatic rings. The maximum Gasteiger partial charge on any atom is 0.420 e. The fraction of sp³-hybridized carbons (Fsp3) is 0.200. The summed E-state index contributed by atoms with van der Waals surface area (Å²) in [6, 6.07) is 3.13. The van der Waals surface area contributed by atoms with Crippen molar-refractivity contribution in [2.24, 2.45) is 0 Å². The van der Waals surface area contributed by atoms with Crippen molar-refractivity contribution >= 4 is 22.9 Å². The molecule has 4 rings (SSSR count). The molecule has 0 aliphatic heterocycles. The number of imidazole rings is 1. The van der Waals surface area contributed by atoms with E-state index in [0.29, 0.717) is 22.6 Å². The summed E-state index contributed by atoms with van der Waals surface area (Å²) in [6.45, 7) is 5.43. The molecular formula is C20H17N5O5. The average molecular weight is 407 g/mol. The molecule has 3 aromatic heterocycles. The van der Waals surface area contributed by atoms with Gasteiger partial charge in [-0.15, -0.1) is 0 Å². The van der Waals surface area contributed by atoms with E-state index >= 15 is 0 Å². The van der Waals surface area contributed by atoms with E-state index in [-0.39, 0.29) is 34.9 Å². The normalized spacial score (nSPS) is 11.0. The third-order valence-electron chi connectivity index (χ3n) is 4.56. The molecule has 0 atom stereocenters.